The van der Waals surface area contributed by atoms with Crippen LogP contribution in [-0.4, -0.2) is 4.98 Å². The number of rotatable bonds is 1. The summed E-state index contributed by atoms with van der Waals surface area (Å²) < 4.78 is 0. The van der Waals surface area contributed by atoms with Crippen molar-refractivity contribution in [3.8, 4) is 12.3 Å². The highest BCUT2D eigenvalue weighted by atomic mass is 35.5. The average molecular weight is 158 g/mol. The number of thiazole rings is 1. The summed E-state index contributed by atoms with van der Waals surface area (Å²) in [4.78, 5) is 4.00. The molecule has 3 heteroatoms. The molecule has 1 rings (SSSR count). The Morgan fingerprint density at radius 1 is 1.89 bits per heavy atom. The second kappa shape index (κ2) is 2.86. The van der Waals surface area contributed by atoms with Crippen LogP contribution in [0.25, 0.3) is 0 Å². The van der Waals surface area contributed by atoms with Crippen molar-refractivity contribution in [3.63, 3.8) is 0 Å². The van der Waals surface area contributed by atoms with Gasteiger partial charge in [0.1, 0.15) is 10.7 Å². The Bertz CT molecular complexity index is 235. The van der Waals surface area contributed by atoms with Crippen LogP contribution >= 0.6 is 22.9 Å². The Kier molecular flexibility index (Phi) is 2.10. The zero-order valence-corrected chi connectivity index (χ0v) is 6.17. The fourth-order valence-corrected chi connectivity index (χ4v) is 1.27. The van der Waals surface area contributed by atoms with Crippen molar-refractivity contribution in [3.05, 3.63) is 16.1 Å². The van der Waals surface area contributed by atoms with Crippen molar-refractivity contribution in [2.75, 3.05) is 0 Å². The Labute approximate surface area is 62.7 Å². The molecule has 46 valence electrons. The topological polar surface area (TPSA) is 12.9 Å². The summed E-state index contributed by atoms with van der Waals surface area (Å²) in [5, 5.41) is 2.70. The van der Waals surface area contributed by atoms with Crippen LogP contribution in [-0.2, 0) is 5.88 Å². The van der Waals surface area contributed by atoms with Gasteiger partial charge in [-0.1, -0.05) is 0 Å². The zero-order valence-electron chi connectivity index (χ0n) is 4.60. The van der Waals surface area contributed by atoms with Gasteiger partial charge in [0, 0.05) is 5.38 Å². The van der Waals surface area contributed by atoms with Crippen LogP contribution in [0.1, 0.15) is 10.7 Å². The molecule has 0 saturated heterocycles. The predicted molar refractivity (Wildman–Crippen MR) is 39.6 cm³/mol. The lowest BCUT2D eigenvalue weighted by molar-refractivity contribution is 1.24. The van der Waals surface area contributed by atoms with Gasteiger partial charge < -0.3 is 0 Å². The quantitative estimate of drug-likeness (QED) is 0.448. The molecule has 0 spiro atoms. The van der Waals surface area contributed by atoms with Gasteiger partial charge >= 0.3 is 0 Å². The molecular weight excluding hydrogens is 154 g/mol. The number of aromatic nitrogens is 1. The molecule has 0 bridgehead atoms. The monoisotopic (exact) mass is 157 g/mol. The standard InChI is InChI=1S/C6H4ClNS/c1-2-5-4-9-6(3-7)8-5/h1,4H,3H2. The van der Waals surface area contributed by atoms with Crippen LogP contribution in [0.2, 0.25) is 0 Å². The van der Waals surface area contributed by atoms with Crippen LogP contribution in [0.4, 0.5) is 0 Å². The first-order chi connectivity index (χ1) is 4.36. The van der Waals surface area contributed by atoms with Crippen LogP contribution in [0.3, 0.4) is 0 Å². The number of halogens is 1. The highest BCUT2D eigenvalue weighted by Crippen LogP contribution is 2.10. The summed E-state index contributed by atoms with van der Waals surface area (Å²) in [6.45, 7) is 0. The van der Waals surface area contributed by atoms with Gasteiger partial charge in [0.2, 0.25) is 0 Å². The van der Waals surface area contributed by atoms with Gasteiger partial charge in [-0.2, -0.15) is 0 Å². The smallest absolute Gasteiger partial charge is 0.124 e. The highest BCUT2D eigenvalue weighted by molar-refractivity contribution is 7.09. The largest absolute Gasteiger partial charge is 0.231 e. The first-order valence-electron chi connectivity index (χ1n) is 2.34. The maximum atomic E-state index is 5.48. The van der Waals surface area contributed by atoms with Crippen molar-refractivity contribution < 1.29 is 0 Å². The van der Waals surface area contributed by atoms with E-state index in [1.807, 2.05) is 5.38 Å². The fraction of sp³-hybridized carbons (Fsp3) is 0.167. The third-order valence-corrected chi connectivity index (χ3v) is 2.07. The van der Waals surface area contributed by atoms with Gasteiger partial charge in [0.25, 0.3) is 0 Å². The Hall–Kier alpha value is -0.520. The Balaban J connectivity index is 2.90. The van der Waals surface area contributed by atoms with E-state index in [0.717, 1.165) is 5.01 Å². The predicted octanol–water partition coefficient (Wildman–Crippen LogP) is 1.86. The molecule has 0 unspecified atom stereocenters. The van der Waals surface area contributed by atoms with Crippen molar-refractivity contribution in [2.45, 2.75) is 5.88 Å². The van der Waals surface area contributed by atoms with Crippen molar-refractivity contribution in [1.82, 2.24) is 4.98 Å². The van der Waals surface area contributed by atoms with Gasteiger partial charge in [0.05, 0.1) is 5.88 Å². The van der Waals surface area contributed by atoms with E-state index in [9.17, 15) is 0 Å². The first kappa shape index (κ1) is 6.60. The maximum absolute atomic E-state index is 5.48. The SMILES string of the molecule is C#Cc1csc(CCl)n1. The van der Waals surface area contributed by atoms with E-state index in [-0.39, 0.29) is 0 Å². The normalized spacial score (nSPS) is 8.89. The van der Waals surface area contributed by atoms with E-state index in [1.54, 1.807) is 0 Å². The molecular formula is C6H4ClNS. The van der Waals surface area contributed by atoms with Gasteiger partial charge in [-0.3, -0.25) is 0 Å². The third-order valence-electron chi connectivity index (χ3n) is 0.814. The summed E-state index contributed by atoms with van der Waals surface area (Å²) in [6.07, 6.45) is 5.07. The minimum absolute atomic E-state index is 0.451. The molecule has 9 heavy (non-hydrogen) atoms. The summed E-state index contributed by atoms with van der Waals surface area (Å²) >= 11 is 6.97. The minimum Gasteiger partial charge on any atom is -0.231 e. The lowest BCUT2D eigenvalue weighted by Gasteiger charge is -1.77. The number of hydrogen-bond acceptors (Lipinski definition) is 2. The van der Waals surface area contributed by atoms with Gasteiger partial charge in [-0.25, -0.2) is 4.98 Å². The summed E-state index contributed by atoms with van der Waals surface area (Å²) in [5.41, 5.74) is 0.677. The zero-order chi connectivity index (χ0) is 6.69. The third kappa shape index (κ3) is 1.44. The highest BCUT2D eigenvalue weighted by Gasteiger charge is 1.94. The first-order valence-corrected chi connectivity index (χ1v) is 3.75. The van der Waals surface area contributed by atoms with Crippen LogP contribution in [0, 0.1) is 12.3 Å². The maximum Gasteiger partial charge on any atom is 0.124 e. The summed E-state index contributed by atoms with van der Waals surface area (Å²) in [7, 11) is 0. The summed E-state index contributed by atoms with van der Waals surface area (Å²) in [5.74, 6) is 2.87. The molecule has 0 aromatic carbocycles. The van der Waals surface area contributed by atoms with E-state index < -0.39 is 0 Å². The molecule has 1 aromatic heterocycles. The molecule has 0 amide bonds. The lowest BCUT2D eigenvalue weighted by atomic mass is 10.5. The molecule has 0 aliphatic carbocycles. The van der Waals surface area contributed by atoms with E-state index >= 15 is 0 Å². The van der Waals surface area contributed by atoms with Crippen molar-refractivity contribution in [1.29, 1.82) is 0 Å². The van der Waals surface area contributed by atoms with Crippen LogP contribution < -0.4 is 0 Å². The lowest BCUT2D eigenvalue weighted by Crippen LogP contribution is -1.74. The van der Waals surface area contributed by atoms with E-state index in [0.29, 0.717) is 11.6 Å². The molecule has 0 N–H and O–H groups in total. The molecule has 0 radical (unpaired) electrons. The molecule has 1 nitrogen and oxygen atoms in total. The molecule has 0 aliphatic heterocycles. The summed E-state index contributed by atoms with van der Waals surface area (Å²) in [6, 6.07) is 0. The van der Waals surface area contributed by atoms with Crippen LogP contribution in [0.5, 0.6) is 0 Å². The van der Waals surface area contributed by atoms with E-state index in [4.69, 9.17) is 18.0 Å². The van der Waals surface area contributed by atoms with E-state index in [2.05, 4.69) is 10.9 Å². The second-order valence-electron chi connectivity index (χ2n) is 1.40. The number of hydrogen-bond donors (Lipinski definition) is 0. The van der Waals surface area contributed by atoms with Crippen molar-refractivity contribution in [2.24, 2.45) is 0 Å². The Morgan fingerprint density at radius 2 is 2.67 bits per heavy atom. The number of nitrogens with zero attached hydrogens (tertiary/aromatic N) is 1. The fourth-order valence-electron chi connectivity index (χ4n) is 0.439. The average Bonchev–Trinajstić information content (AvgIpc) is 2.34. The molecule has 0 fully saturated rings. The Morgan fingerprint density at radius 3 is 3.00 bits per heavy atom. The van der Waals surface area contributed by atoms with E-state index in [1.165, 1.54) is 11.3 Å². The molecule has 1 heterocycles. The molecule has 0 aliphatic rings. The van der Waals surface area contributed by atoms with Gasteiger partial charge in [-0.05, 0) is 5.92 Å². The van der Waals surface area contributed by atoms with Crippen LogP contribution in [0.15, 0.2) is 5.38 Å². The molecule has 0 atom stereocenters. The molecule has 1 aromatic rings. The number of alkyl halides is 1. The molecule has 0 saturated carbocycles. The van der Waals surface area contributed by atoms with Crippen molar-refractivity contribution >= 4 is 22.9 Å². The minimum atomic E-state index is 0.451. The second-order valence-corrected chi connectivity index (χ2v) is 2.61. The number of terminal acetylenes is 1. The van der Waals surface area contributed by atoms with Gasteiger partial charge in [0.15, 0.2) is 0 Å². The van der Waals surface area contributed by atoms with Gasteiger partial charge in [-0.15, -0.1) is 29.4 Å².